The molecule has 1 aromatic carbocycles. The number of aryl methyl sites for hydroxylation is 1. The minimum absolute atomic E-state index is 0.275. The molecule has 2 aromatic rings. The number of nitrogens with zero attached hydrogens (tertiary/aromatic N) is 2. The molecule has 18 heavy (non-hydrogen) atoms. The number of hydrogen-bond acceptors (Lipinski definition) is 2. The summed E-state index contributed by atoms with van der Waals surface area (Å²) in [4.78, 5) is 8.49. The van der Waals surface area contributed by atoms with Gasteiger partial charge in [0.1, 0.15) is 22.1 Å². The van der Waals surface area contributed by atoms with Crippen molar-refractivity contribution in [1.82, 2.24) is 9.97 Å². The van der Waals surface area contributed by atoms with Gasteiger partial charge >= 0.3 is 0 Å². The van der Waals surface area contributed by atoms with Gasteiger partial charge in [-0.25, -0.2) is 18.7 Å². The van der Waals surface area contributed by atoms with Gasteiger partial charge in [-0.05, 0) is 40.5 Å². The van der Waals surface area contributed by atoms with E-state index in [1.54, 1.807) is 6.07 Å². The molecular formula is C13H11BrF2N2. The van der Waals surface area contributed by atoms with Crippen LogP contribution in [0.2, 0.25) is 0 Å². The van der Waals surface area contributed by atoms with Crippen molar-refractivity contribution in [2.75, 3.05) is 0 Å². The third-order valence-electron chi connectivity index (χ3n) is 2.42. The van der Waals surface area contributed by atoms with Crippen molar-refractivity contribution in [3.05, 3.63) is 46.3 Å². The van der Waals surface area contributed by atoms with Gasteiger partial charge in [0.25, 0.3) is 0 Å². The van der Waals surface area contributed by atoms with Crippen LogP contribution in [-0.2, 0) is 6.42 Å². The Labute approximate surface area is 112 Å². The molecule has 0 unspecified atom stereocenters. The Kier molecular flexibility index (Phi) is 4.01. The van der Waals surface area contributed by atoms with Crippen molar-refractivity contribution in [2.24, 2.45) is 0 Å². The average Bonchev–Trinajstić information content (AvgIpc) is 2.28. The molecule has 5 heteroatoms. The maximum absolute atomic E-state index is 13.7. The fourth-order valence-corrected chi connectivity index (χ4v) is 2.06. The van der Waals surface area contributed by atoms with Gasteiger partial charge in [-0.15, -0.1) is 0 Å². The van der Waals surface area contributed by atoms with E-state index < -0.39 is 11.6 Å². The fourth-order valence-electron chi connectivity index (χ4n) is 1.64. The minimum atomic E-state index is -0.622. The van der Waals surface area contributed by atoms with Crippen molar-refractivity contribution in [3.8, 4) is 11.3 Å². The zero-order valence-electron chi connectivity index (χ0n) is 9.75. The van der Waals surface area contributed by atoms with Crippen LogP contribution in [0.5, 0.6) is 0 Å². The molecule has 0 amide bonds. The SMILES string of the molecule is CCCc1nc(Br)cc(-c2ccc(F)cc2F)n1. The van der Waals surface area contributed by atoms with E-state index in [-0.39, 0.29) is 5.56 Å². The summed E-state index contributed by atoms with van der Waals surface area (Å²) in [5, 5.41) is 0. The number of halogens is 3. The van der Waals surface area contributed by atoms with Gasteiger partial charge in [-0.2, -0.15) is 0 Å². The predicted molar refractivity (Wildman–Crippen MR) is 69.1 cm³/mol. The van der Waals surface area contributed by atoms with E-state index in [0.717, 1.165) is 18.9 Å². The van der Waals surface area contributed by atoms with E-state index in [1.165, 1.54) is 12.1 Å². The summed E-state index contributed by atoms with van der Waals surface area (Å²) in [6.07, 6.45) is 1.62. The molecule has 1 aromatic heterocycles. The van der Waals surface area contributed by atoms with Crippen LogP contribution in [0.15, 0.2) is 28.9 Å². The van der Waals surface area contributed by atoms with Crippen LogP contribution in [0.25, 0.3) is 11.3 Å². The van der Waals surface area contributed by atoms with Crippen LogP contribution >= 0.6 is 15.9 Å². The highest BCUT2D eigenvalue weighted by Gasteiger charge is 2.10. The molecule has 0 bridgehead atoms. The van der Waals surface area contributed by atoms with Crippen molar-refractivity contribution in [3.63, 3.8) is 0 Å². The zero-order chi connectivity index (χ0) is 13.1. The molecule has 1 heterocycles. The Hall–Kier alpha value is -1.36. The monoisotopic (exact) mass is 312 g/mol. The molecular weight excluding hydrogens is 302 g/mol. The first-order valence-electron chi connectivity index (χ1n) is 5.59. The average molecular weight is 313 g/mol. The Morgan fingerprint density at radius 2 is 1.94 bits per heavy atom. The summed E-state index contributed by atoms with van der Waals surface area (Å²) >= 11 is 3.27. The van der Waals surface area contributed by atoms with Gasteiger partial charge in [0.15, 0.2) is 0 Å². The summed E-state index contributed by atoms with van der Waals surface area (Å²) in [7, 11) is 0. The Morgan fingerprint density at radius 3 is 2.61 bits per heavy atom. The van der Waals surface area contributed by atoms with Crippen LogP contribution in [-0.4, -0.2) is 9.97 Å². The first-order valence-corrected chi connectivity index (χ1v) is 6.38. The van der Waals surface area contributed by atoms with Crippen LogP contribution in [0.4, 0.5) is 8.78 Å². The largest absolute Gasteiger partial charge is 0.233 e. The lowest BCUT2D eigenvalue weighted by Crippen LogP contribution is -1.98. The molecule has 0 saturated carbocycles. The molecule has 0 aliphatic carbocycles. The summed E-state index contributed by atoms with van der Waals surface area (Å²) in [6, 6.07) is 5.07. The van der Waals surface area contributed by atoms with E-state index in [9.17, 15) is 8.78 Å². The van der Waals surface area contributed by atoms with Crippen molar-refractivity contribution >= 4 is 15.9 Å². The molecule has 0 spiro atoms. The van der Waals surface area contributed by atoms with Crippen LogP contribution in [0.3, 0.4) is 0 Å². The van der Waals surface area contributed by atoms with Crippen molar-refractivity contribution in [1.29, 1.82) is 0 Å². The van der Waals surface area contributed by atoms with E-state index >= 15 is 0 Å². The van der Waals surface area contributed by atoms with Gasteiger partial charge in [0.05, 0.1) is 5.69 Å². The summed E-state index contributed by atoms with van der Waals surface area (Å²) in [6.45, 7) is 2.02. The molecule has 94 valence electrons. The zero-order valence-corrected chi connectivity index (χ0v) is 11.3. The highest BCUT2D eigenvalue weighted by Crippen LogP contribution is 2.24. The first kappa shape index (κ1) is 13.1. The standard InChI is InChI=1S/C13H11BrF2N2/c1-2-3-13-17-11(7-12(14)18-13)9-5-4-8(15)6-10(9)16/h4-7H,2-3H2,1H3. The molecule has 0 fully saturated rings. The molecule has 2 rings (SSSR count). The Bertz CT molecular complexity index is 573. The highest BCUT2D eigenvalue weighted by atomic mass is 79.9. The maximum atomic E-state index is 13.7. The molecule has 0 N–H and O–H groups in total. The third-order valence-corrected chi connectivity index (χ3v) is 2.83. The summed E-state index contributed by atoms with van der Waals surface area (Å²) in [5.41, 5.74) is 0.731. The van der Waals surface area contributed by atoms with E-state index in [0.29, 0.717) is 16.1 Å². The van der Waals surface area contributed by atoms with E-state index in [4.69, 9.17) is 0 Å². The Morgan fingerprint density at radius 1 is 1.17 bits per heavy atom. The second-order valence-corrected chi connectivity index (χ2v) is 4.68. The summed E-state index contributed by atoms with van der Waals surface area (Å²) < 4.78 is 27.1. The van der Waals surface area contributed by atoms with Gasteiger partial charge in [-0.1, -0.05) is 6.92 Å². The topological polar surface area (TPSA) is 25.8 Å². The second-order valence-electron chi connectivity index (χ2n) is 3.87. The molecule has 0 aliphatic rings. The second kappa shape index (κ2) is 5.52. The number of benzene rings is 1. The normalized spacial score (nSPS) is 10.7. The van der Waals surface area contributed by atoms with Gasteiger partial charge in [-0.3, -0.25) is 0 Å². The van der Waals surface area contributed by atoms with Gasteiger partial charge in [0, 0.05) is 18.1 Å². The number of aromatic nitrogens is 2. The molecule has 0 radical (unpaired) electrons. The lowest BCUT2D eigenvalue weighted by atomic mass is 10.1. The fraction of sp³-hybridized carbons (Fsp3) is 0.231. The van der Waals surface area contributed by atoms with Crippen molar-refractivity contribution < 1.29 is 8.78 Å². The van der Waals surface area contributed by atoms with Crippen LogP contribution in [0.1, 0.15) is 19.2 Å². The highest BCUT2D eigenvalue weighted by molar-refractivity contribution is 9.10. The van der Waals surface area contributed by atoms with Crippen molar-refractivity contribution in [2.45, 2.75) is 19.8 Å². The van der Waals surface area contributed by atoms with Crippen LogP contribution < -0.4 is 0 Å². The lowest BCUT2D eigenvalue weighted by Gasteiger charge is -2.06. The molecule has 0 atom stereocenters. The number of rotatable bonds is 3. The van der Waals surface area contributed by atoms with Gasteiger partial charge in [0.2, 0.25) is 0 Å². The predicted octanol–water partition coefficient (Wildman–Crippen LogP) is 4.14. The smallest absolute Gasteiger partial charge is 0.135 e. The van der Waals surface area contributed by atoms with Crippen LogP contribution in [0, 0.1) is 11.6 Å². The Balaban J connectivity index is 2.49. The molecule has 0 aliphatic heterocycles. The molecule has 2 nitrogen and oxygen atoms in total. The quantitative estimate of drug-likeness (QED) is 0.796. The number of hydrogen-bond donors (Lipinski definition) is 0. The minimum Gasteiger partial charge on any atom is -0.233 e. The third kappa shape index (κ3) is 2.90. The summed E-state index contributed by atoms with van der Waals surface area (Å²) in [5.74, 6) is -0.577. The van der Waals surface area contributed by atoms with Gasteiger partial charge < -0.3 is 0 Å². The molecule has 0 saturated heterocycles. The first-order chi connectivity index (χ1) is 8.60. The van der Waals surface area contributed by atoms with E-state index in [1.807, 2.05) is 6.92 Å². The lowest BCUT2D eigenvalue weighted by molar-refractivity contribution is 0.585. The van der Waals surface area contributed by atoms with E-state index in [2.05, 4.69) is 25.9 Å². The maximum Gasteiger partial charge on any atom is 0.135 e.